The molecule has 0 aliphatic rings. The standard InChI is InChI=1S/C15H15NO3/c16-15(18)19-14(12-9-5-2-6-10-12)13(17)11-7-3-1-4-8-11/h1-10,13-14,17H,(H2,16,18)/t13?,14-/m1/s1. The molecule has 4 nitrogen and oxygen atoms in total. The van der Waals surface area contributed by atoms with Crippen LogP contribution in [0.5, 0.6) is 0 Å². The van der Waals surface area contributed by atoms with E-state index in [9.17, 15) is 9.90 Å². The van der Waals surface area contributed by atoms with Gasteiger partial charge in [0.05, 0.1) is 0 Å². The minimum atomic E-state index is -0.962. The molecule has 2 atom stereocenters. The summed E-state index contributed by atoms with van der Waals surface area (Å²) in [6, 6.07) is 18.0. The number of amides is 1. The number of primary amides is 1. The highest BCUT2D eigenvalue weighted by Crippen LogP contribution is 2.31. The van der Waals surface area contributed by atoms with Gasteiger partial charge in [0.1, 0.15) is 6.10 Å². The van der Waals surface area contributed by atoms with Gasteiger partial charge in [-0.15, -0.1) is 0 Å². The van der Waals surface area contributed by atoms with E-state index in [4.69, 9.17) is 10.5 Å². The van der Waals surface area contributed by atoms with E-state index in [1.165, 1.54) is 0 Å². The molecule has 0 spiro atoms. The van der Waals surface area contributed by atoms with E-state index in [0.29, 0.717) is 11.1 Å². The van der Waals surface area contributed by atoms with Crippen molar-refractivity contribution in [1.29, 1.82) is 0 Å². The summed E-state index contributed by atoms with van der Waals surface area (Å²) in [6.45, 7) is 0. The monoisotopic (exact) mass is 257 g/mol. The van der Waals surface area contributed by atoms with Crippen LogP contribution in [0.3, 0.4) is 0 Å². The van der Waals surface area contributed by atoms with Crippen LogP contribution in [0.25, 0.3) is 0 Å². The van der Waals surface area contributed by atoms with Gasteiger partial charge in [-0.2, -0.15) is 0 Å². The van der Waals surface area contributed by atoms with Crippen molar-refractivity contribution in [2.45, 2.75) is 12.2 Å². The molecule has 0 saturated heterocycles. The second kappa shape index (κ2) is 6.02. The summed E-state index contributed by atoms with van der Waals surface area (Å²) in [5, 5.41) is 10.3. The predicted molar refractivity (Wildman–Crippen MR) is 71.3 cm³/mol. The number of nitrogens with two attached hydrogens (primary N) is 1. The van der Waals surface area contributed by atoms with E-state index in [1.807, 2.05) is 36.4 Å². The Bertz CT molecular complexity index is 528. The number of carbonyl (C=O) groups is 1. The Morgan fingerprint density at radius 3 is 1.89 bits per heavy atom. The summed E-state index contributed by atoms with van der Waals surface area (Å²) in [5.41, 5.74) is 6.43. The van der Waals surface area contributed by atoms with Crippen molar-refractivity contribution >= 4 is 6.09 Å². The smallest absolute Gasteiger partial charge is 0.405 e. The molecule has 0 bridgehead atoms. The molecule has 1 amide bonds. The number of rotatable bonds is 4. The molecule has 0 aliphatic heterocycles. The van der Waals surface area contributed by atoms with Crippen LogP contribution in [0.4, 0.5) is 4.79 Å². The molecule has 0 saturated carbocycles. The second-order valence-corrected chi connectivity index (χ2v) is 4.12. The Kier molecular flexibility index (Phi) is 4.15. The Balaban J connectivity index is 2.30. The van der Waals surface area contributed by atoms with Crippen LogP contribution in [-0.2, 0) is 4.74 Å². The Morgan fingerprint density at radius 1 is 0.947 bits per heavy atom. The predicted octanol–water partition coefficient (Wildman–Crippen LogP) is 2.56. The highest BCUT2D eigenvalue weighted by Gasteiger charge is 2.25. The second-order valence-electron chi connectivity index (χ2n) is 4.12. The van der Waals surface area contributed by atoms with E-state index >= 15 is 0 Å². The van der Waals surface area contributed by atoms with Crippen LogP contribution < -0.4 is 5.73 Å². The first-order chi connectivity index (χ1) is 9.18. The molecule has 0 fully saturated rings. The quantitative estimate of drug-likeness (QED) is 0.884. The zero-order chi connectivity index (χ0) is 13.7. The number of benzene rings is 2. The fraction of sp³-hybridized carbons (Fsp3) is 0.133. The maximum absolute atomic E-state index is 11.0. The van der Waals surface area contributed by atoms with Crippen molar-refractivity contribution in [3.8, 4) is 0 Å². The van der Waals surface area contributed by atoms with Gasteiger partial charge in [-0.25, -0.2) is 4.79 Å². The lowest BCUT2D eigenvalue weighted by Gasteiger charge is -2.23. The number of ether oxygens (including phenoxy) is 1. The van der Waals surface area contributed by atoms with Crippen molar-refractivity contribution in [3.05, 3.63) is 71.8 Å². The zero-order valence-corrected chi connectivity index (χ0v) is 10.3. The van der Waals surface area contributed by atoms with Crippen LogP contribution in [-0.4, -0.2) is 11.2 Å². The molecule has 0 aliphatic carbocycles. The molecule has 3 N–H and O–H groups in total. The summed E-state index contributed by atoms with van der Waals surface area (Å²) < 4.78 is 5.04. The normalized spacial score (nSPS) is 13.5. The maximum Gasteiger partial charge on any atom is 0.405 e. The average molecular weight is 257 g/mol. The van der Waals surface area contributed by atoms with Gasteiger partial charge in [-0.05, 0) is 11.1 Å². The molecule has 98 valence electrons. The van der Waals surface area contributed by atoms with E-state index in [1.54, 1.807) is 24.3 Å². The largest absolute Gasteiger partial charge is 0.438 e. The zero-order valence-electron chi connectivity index (χ0n) is 10.3. The van der Waals surface area contributed by atoms with E-state index in [-0.39, 0.29) is 0 Å². The SMILES string of the molecule is NC(=O)O[C@H](c1ccccc1)C(O)c1ccccc1. The minimum Gasteiger partial charge on any atom is -0.438 e. The lowest BCUT2D eigenvalue weighted by atomic mass is 9.98. The summed E-state index contributed by atoms with van der Waals surface area (Å²) in [5.74, 6) is 0. The Morgan fingerprint density at radius 2 is 1.42 bits per heavy atom. The molecular formula is C15H15NO3. The van der Waals surface area contributed by atoms with Crippen LogP contribution in [0.1, 0.15) is 23.3 Å². The summed E-state index contributed by atoms with van der Waals surface area (Å²) in [4.78, 5) is 11.0. The fourth-order valence-corrected chi connectivity index (χ4v) is 1.91. The molecule has 19 heavy (non-hydrogen) atoms. The van der Waals surface area contributed by atoms with Crippen molar-refractivity contribution in [1.82, 2.24) is 0 Å². The topological polar surface area (TPSA) is 72.6 Å². The molecule has 2 aromatic rings. The molecule has 4 heteroatoms. The molecule has 2 rings (SSSR count). The lowest BCUT2D eigenvalue weighted by Crippen LogP contribution is -2.22. The van der Waals surface area contributed by atoms with Crippen LogP contribution in [0.15, 0.2) is 60.7 Å². The maximum atomic E-state index is 11.0. The van der Waals surface area contributed by atoms with Gasteiger partial charge in [-0.1, -0.05) is 60.7 Å². The first-order valence-corrected chi connectivity index (χ1v) is 5.92. The van der Waals surface area contributed by atoms with Gasteiger partial charge >= 0.3 is 6.09 Å². The van der Waals surface area contributed by atoms with Gasteiger partial charge < -0.3 is 15.6 Å². The number of aliphatic hydroxyl groups excluding tert-OH is 1. The van der Waals surface area contributed by atoms with E-state index in [2.05, 4.69) is 0 Å². The Hall–Kier alpha value is -2.33. The van der Waals surface area contributed by atoms with Crippen molar-refractivity contribution in [3.63, 3.8) is 0 Å². The van der Waals surface area contributed by atoms with E-state index < -0.39 is 18.3 Å². The number of hydrogen-bond acceptors (Lipinski definition) is 3. The van der Waals surface area contributed by atoms with Crippen LogP contribution in [0.2, 0.25) is 0 Å². The number of aliphatic hydroxyl groups is 1. The first-order valence-electron chi connectivity index (χ1n) is 5.92. The van der Waals surface area contributed by atoms with E-state index in [0.717, 1.165) is 0 Å². The van der Waals surface area contributed by atoms with Crippen molar-refractivity contribution in [2.75, 3.05) is 0 Å². The number of carbonyl (C=O) groups excluding carboxylic acids is 1. The van der Waals surface area contributed by atoms with Gasteiger partial charge in [0, 0.05) is 0 Å². The van der Waals surface area contributed by atoms with Gasteiger partial charge in [-0.3, -0.25) is 0 Å². The molecule has 0 aromatic heterocycles. The van der Waals surface area contributed by atoms with Gasteiger partial charge in [0.15, 0.2) is 6.10 Å². The highest BCUT2D eigenvalue weighted by molar-refractivity contribution is 5.65. The molecule has 1 unspecified atom stereocenters. The molecular weight excluding hydrogens is 242 g/mol. The average Bonchev–Trinajstić information content (AvgIpc) is 2.46. The third-order valence-electron chi connectivity index (χ3n) is 2.80. The fourth-order valence-electron chi connectivity index (χ4n) is 1.91. The Labute approximate surface area is 111 Å². The summed E-state index contributed by atoms with van der Waals surface area (Å²) in [7, 11) is 0. The first kappa shape index (κ1) is 13.1. The third-order valence-corrected chi connectivity index (χ3v) is 2.80. The van der Waals surface area contributed by atoms with Crippen molar-refractivity contribution < 1.29 is 14.6 Å². The molecule has 0 radical (unpaired) electrons. The summed E-state index contributed by atoms with van der Waals surface area (Å²) in [6.07, 6.45) is -2.69. The van der Waals surface area contributed by atoms with Crippen LogP contribution in [0, 0.1) is 0 Å². The third kappa shape index (κ3) is 3.33. The minimum absolute atomic E-state index is 0.664. The molecule has 0 heterocycles. The van der Waals surface area contributed by atoms with Gasteiger partial charge in [0.2, 0.25) is 0 Å². The van der Waals surface area contributed by atoms with Gasteiger partial charge in [0.25, 0.3) is 0 Å². The summed E-state index contributed by atoms with van der Waals surface area (Å²) >= 11 is 0. The number of hydrogen-bond donors (Lipinski definition) is 2. The van der Waals surface area contributed by atoms with Crippen molar-refractivity contribution in [2.24, 2.45) is 5.73 Å². The lowest BCUT2D eigenvalue weighted by molar-refractivity contribution is 0.00372. The highest BCUT2D eigenvalue weighted by atomic mass is 16.6. The van der Waals surface area contributed by atoms with Crippen LogP contribution >= 0.6 is 0 Å². The molecule has 2 aromatic carbocycles.